The van der Waals surface area contributed by atoms with Crippen molar-refractivity contribution in [3.63, 3.8) is 0 Å². The van der Waals surface area contributed by atoms with E-state index in [1.165, 1.54) is 4.90 Å². The minimum Gasteiger partial charge on any atom is -0.496 e. The molecule has 6 nitrogen and oxygen atoms in total. The summed E-state index contributed by atoms with van der Waals surface area (Å²) in [6.45, 7) is 7.66. The van der Waals surface area contributed by atoms with Crippen molar-refractivity contribution in [2.24, 2.45) is 0 Å². The average molecular weight is 291 g/mol. The van der Waals surface area contributed by atoms with Gasteiger partial charge < -0.3 is 4.74 Å². The Kier molecular flexibility index (Phi) is 4.00. The second kappa shape index (κ2) is 5.44. The van der Waals surface area contributed by atoms with Crippen LogP contribution < -0.4 is 10.1 Å². The number of carbonyl (C=O) groups is 2. The number of aryl methyl sites for hydroxylation is 1. The maximum absolute atomic E-state index is 12.4. The maximum Gasteiger partial charge on any atom is 0.249 e. The summed E-state index contributed by atoms with van der Waals surface area (Å²) in [5.74, 6) is 0.272. The fraction of sp³-hybridized carbons (Fsp3) is 0.533. The Morgan fingerprint density at radius 3 is 2.67 bits per heavy atom. The van der Waals surface area contributed by atoms with Gasteiger partial charge in [-0.15, -0.1) is 0 Å². The summed E-state index contributed by atoms with van der Waals surface area (Å²) in [7, 11) is 1.60. The number of carbonyl (C=O) groups excluding carboxylic acids is 2. The molecule has 2 rings (SSSR count). The number of amides is 2. The third kappa shape index (κ3) is 2.76. The first kappa shape index (κ1) is 15.4. The summed E-state index contributed by atoms with van der Waals surface area (Å²) < 4.78 is 5.36. The molecule has 0 aromatic carbocycles. The summed E-state index contributed by atoms with van der Waals surface area (Å²) >= 11 is 0. The summed E-state index contributed by atoms with van der Waals surface area (Å²) in [6, 6.07) is 0. The van der Waals surface area contributed by atoms with E-state index in [4.69, 9.17) is 4.74 Å². The van der Waals surface area contributed by atoms with Gasteiger partial charge in [0.15, 0.2) is 0 Å². The Balaban J connectivity index is 2.33. The summed E-state index contributed by atoms with van der Waals surface area (Å²) in [5.41, 5.74) is 1.72. The predicted molar refractivity (Wildman–Crippen MR) is 77.9 cm³/mol. The molecule has 1 saturated heterocycles. The third-order valence-electron chi connectivity index (χ3n) is 3.82. The van der Waals surface area contributed by atoms with Crippen molar-refractivity contribution < 1.29 is 14.3 Å². The molecule has 1 N–H and O–H groups in total. The van der Waals surface area contributed by atoms with Crippen molar-refractivity contribution >= 4 is 11.8 Å². The quantitative estimate of drug-likeness (QED) is 0.839. The fourth-order valence-corrected chi connectivity index (χ4v) is 2.46. The lowest BCUT2D eigenvalue weighted by Gasteiger charge is -2.36. The van der Waals surface area contributed by atoms with Gasteiger partial charge in [0.25, 0.3) is 0 Å². The largest absolute Gasteiger partial charge is 0.496 e. The molecule has 1 aromatic rings. The zero-order chi connectivity index (χ0) is 15.8. The number of hydrogen-bond donors (Lipinski definition) is 1. The van der Waals surface area contributed by atoms with Crippen LogP contribution in [0.25, 0.3) is 0 Å². The van der Waals surface area contributed by atoms with Crippen LogP contribution >= 0.6 is 0 Å². The van der Waals surface area contributed by atoms with Crippen LogP contribution in [0.5, 0.6) is 5.75 Å². The number of piperazine rings is 1. The molecule has 0 radical (unpaired) electrons. The van der Waals surface area contributed by atoms with E-state index in [2.05, 4.69) is 10.3 Å². The molecule has 21 heavy (non-hydrogen) atoms. The monoisotopic (exact) mass is 291 g/mol. The molecule has 0 unspecified atom stereocenters. The molecule has 0 bridgehead atoms. The van der Waals surface area contributed by atoms with Gasteiger partial charge >= 0.3 is 0 Å². The zero-order valence-corrected chi connectivity index (χ0v) is 13.1. The van der Waals surface area contributed by atoms with E-state index in [-0.39, 0.29) is 24.9 Å². The number of ether oxygens (including phenoxy) is 1. The molecule has 1 aliphatic heterocycles. The molecule has 0 spiro atoms. The number of methoxy groups -OCH3 is 1. The summed E-state index contributed by atoms with van der Waals surface area (Å²) in [4.78, 5) is 30.0. The van der Waals surface area contributed by atoms with Crippen molar-refractivity contribution in [2.45, 2.75) is 39.8 Å². The van der Waals surface area contributed by atoms with E-state index >= 15 is 0 Å². The van der Waals surface area contributed by atoms with Crippen LogP contribution in [0.1, 0.15) is 30.7 Å². The number of imide groups is 1. The van der Waals surface area contributed by atoms with E-state index in [1.807, 2.05) is 13.8 Å². The third-order valence-corrected chi connectivity index (χ3v) is 3.82. The number of rotatable bonds is 3. The van der Waals surface area contributed by atoms with Gasteiger partial charge in [0.2, 0.25) is 11.8 Å². The lowest BCUT2D eigenvalue weighted by atomic mass is 10.00. The van der Waals surface area contributed by atoms with Crippen LogP contribution in [-0.2, 0) is 16.1 Å². The molecule has 0 aliphatic carbocycles. The van der Waals surface area contributed by atoms with Crippen molar-refractivity contribution in [2.75, 3.05) is 13.7 Å². The standard InChI is InChI=1S/C15H21N3O3/c1-9-6-16-11(10(2)13(9)21-5)8-18-12(19)7-17-15(3,4)14(18)20/h6,17H,7-8H2,1-5H3. The lowest BCUT2D eigenvalue weighted by molar-refractivity contribution is -0.153. The van der Waals surface area contributed by atoms with Crippen LogP contribution in [0, 0.1) is 13.8 Å². The Bertz CT molecular complexity index is 596. The van der Waals surface area contributed by atoms with Gasteiger partial charge in [-0.25, -0.2) is 0 Å². The van der Waals surface area contributed by atoms with Gasteiger partial charge in [-0.3, -0.25) is 24.8 Å². The van der Waals surface area contributed by atoms with Gasteiger partial charge in [-0.05, 0) is 27.7 Å². The molecule has 2 heterocycles. The molecule has 0 saturated carbocycles. The van der Waals surface area contributed by atoms with Gasteiger partial charge in [0, 0.05) is 17.3 Å². The van der Waals surface area contributed by atoms with E-state index in [0.29, 0.717) is 5.69 Å². The number of pyridine rings is 1. The first-order chi connectivity index (χ1) is 9.77. The lowest BCUT2D eigenvalue weighted by Crippen LogP contribution is -2.63. The number of hydrogen-bond acceptors (Lipinski definition) is 5. The van der Waals surface area contributed by atoms with Crippen LogP contribution in [0.15, 0.2) is 6.20 Å². The molecule has 1 fully saturated rings. The zero-order valence-electron chi connectivity index (χ0n) is 13.1. The molecule has 0 atom stereocenters. The average Bonchev–Trinajstić information content (AvgIpc) is 2.43. The highest BCUT2D eigenvalue weighted by atomic mass is 16.5. The second-order valence-electron chi connectivity index (χ2n) is 5.81. The smallest absolute Gasteiger partial charge is 0.249 e. The van der Waals surface area contributed by atoms with Gasteiger partial charge in [-0.2, -0.15) is 0 Å². The molecule has 6 heteroatoms. The van der Waals surface area contributed by atoms with Crippen molar-refractivity contribution in [3.05, 3.63) is 23.0 Å². The highest BCUT2D eigenvalue weighted by Crippen LogP contribution is 2.25. The van der Waals surface area contributed by atoms with Gasteiger partial charge in [-0.1, -0.05) is 0 Å². The molecular weight excluding hydrogens is 270 g/mol. The van der Waals surface area contributed by atoms with E-state index in [0.717, 1.165) is 16.9 Å². The Morgan fingerprint density at radius 2 is 2.05 bits per heavy atom. The number of aromatic nitrogens is 1. The molecular formula is C15H21N3O3. The van der Waals surface area contributed by atoms with E-state index in [9.17, 15) is 9.59 Å². The minimum absolute atomic E-state index is 0.154. The van der Waals surface area contributed by atoms with Gasteiger partial charge in [0.1, 0.15) is 5.75 Å². The highest BCUT2D eigenvalue weighted by molar-refractivity contribution is 6.02. The SMILES string of the molecule is COc1c(C)cnc(CN2C(=O)CNC(C)(C)C2=O)c1C. The molecule has 1 aliphatic rings. The molecule has 114 valence electrons. The van der Waals surface area contributed by atoms with Crippen molar-refractivity contribution in [3.8, 4) is 5.75 Å². The Labute approximate surface area is 124 Å². The predicted octanol–water partition coefficient (Wildman–Crippen LogP) is 0.944. The molecule has 2 amide bonds. The Hall–Kier alpha value is -1.95. The summed E-state index contributed by atoms with van der Waals surface area (Å²) in [5, 5.41) is 2.93. The number of nitrogens with one attached hydrogen (secondary N) is 1. The van der Waals surface area contributed by atoms with Crippen molar-refractivity contribution in [1.29, 1.82) is 0 Å². The Morgan fingerprint density at radius 1 is 1.38 bits per heavy atom. The first-order valence-electron chi connectivity index (χ1n) is 6.87. The fourth-order valence-electron chi connectivity index (χ4n) is 2.46. The highest BCUT2D eigenvalue weighted by Gasteiger charge is 2.40. The van der Waals surface area contributed by atoms with Crippen LogP contribution in [-0.4, -0.2) is 40.9 Å². The van der Waals surface area contributed by atoms with Gasteiger partial charge in [0.05, 0.1) is 31.4 Å². The van der Waals surface area contributed by atoms with Crippen LogP contribution in [0.2, 0.25) is 0 Å². The van der Waals surface area contributed by atoms with Crippen LogP contribution in [0.3, 0.4) is 0 Å². The second-order valence-corrected chi connectivity index (χ2v) is 5.81. The van der Waals surface area contributed by atoms with Crippen molar-refractivity contribution in [1.82, 2.24) is 15.2 Å². The first-order valence-corrected chi connectivity index (χ1v) is 6.87. The number of nitrogens with zero attached hydrogens (tertiary/aromatic N) is 2. The minimum atomic E-state index is -0.739. The molecule has 1 aromatic heterocycles. The summed E-state index contributed by atoms with van der Waals surface area (Å²) in [6.07, 6.45) is 1.70. The van der Waals surface area contributed by atoms with Crippen LogP contribution in [0.4, 0.5) is 0 Å². The van der Waals surface area contributed by atoms with E-state index < -0.39 is 5.54 Å². The van der Waals surface area contributed by atoms with E-state index in [1.54, 1.807) is 27.2 Å². The topological polar surface area (TPSA) is 71.5 Å². The maximum atomic E-state index is 12.4. The normalized spacial score (nSPS) is 18.0.